The summed E-state index contributed by atoms with van der Waals surface area (Å²) in [5.41, 5.74) is 20.9. The highest BCUT2D eigenvalue weighted by molar-refractivity contribution is 6.19. The number of fused-ring (bicyclic) bond motifs is 4. The fourth-order valence-electron chi connectivity index (χ4n) is 17.6. The van der Waals surface area contributed by atoms with Crippen LogP contribution in [0.4, 0.5) is 0 Å². The second kappa shape index (κ2) is 21.2. The summed E-state index contributed by atoms with van der Waals surface area (Å²) in [6, 6.07) is 57.2. The van der Waals surface area contributed by atoms with Crippen LogP contribution in [0.25, 0.3) is 132 Å². The van der Waals surface area contributed by atoms with E-state index in [1.54, 1.807) is 0 Å². The number of rotatable bonds is 4. The zero-order valence-corrected chi connectivity index (χ0v) is 49.0. The van der Waals surface area contributed by atoms with Crippen LogP contribution in [0.1, 0.15) is 200 Å². The Balaban J connectivity index is 1.18. The molecule has 7 aliphatic rings. The Labute approximate surface area is 494 Å². The van der Waals surface area contributed by atoms with Crippen LogP contribution in [0.3, 0.4) is 0 Å². The maximum absolute atomic E-state index is 6.51. The van der Waals surface area contributed by atoms with Crippen LogP contribution < -0.4 is 0 Å². The summed E-state index contributed by atoms with van der Waals surface area (Å²) < 4.78 is 0. The molecule has 5 aliphatic carbocycles. The second-order valence-corrected chi connectivity index (χ2v) is 26.8. The van der Waals surface area contributed by atoms with Crippen molar-refractivity contribution in [3.05, 3.63) is 168 Å². The first kappa shape index (κ1) is 50.9. The summed E-state index contributed by atoms with van der Waals surface area (Å²) in [5.74, 6) is 1.35. The molecular formula is C80H78N4. The van der Waals surface area contributed by atoms with Gasteiger partial charge in [-0.15, -0.1) is 0 Å². The second-order valence-electron chi connectivity index (χ2n) is 26.8. The van der Waals surface area contributed by atoms with E-state index in [1.807, 2.05) is 0 Å². The molecule has 0 spiro atoms. The minimum Gasteiger partial charge on any atom is -0.354 e. The number of nitrogens with zero attached hydrogens (tertiary/aromatic N) is 2. The lowest BCUT2D eigenvalue weighted by Gasteiger charge is -2.18. The Morgan fingerprint density at radius 3 is 0.631 bits per heavy atom. The average Bonchev–Trinajstić information content (AvgIpc) is 2.34. The summed E-state index contributed by atoms with van der Waals surface area (Å²) in [6.45, 7) is 0. The van der Waals surface area contributed by atoms with Crippen LogP contribution >= 0.6 is 0 Å². The van der Waals surface area contributed by atoms with E-state index < -0.39 is 0 Å². The van der Waals surface area contributed by atoms with E-state index in [2.05, 4.69) is 156 Å². The van der Waals surface area contributed by atoms with E-state index >= 15 is 0 Å². The number of hydrogen-bond acceptors (Lipinski definition) is 2. The average molecular weight is 1100 g/mol. The van der Waals surface area contributed by atoms with Crippen LogP contribution in [0.5, 0.6) is 0 Å². The summed E-state index contributed by atoms with van der Waals surface area (Å²) >= 11 is 0. The van der Waals surface area contributed by atoms with Gasteiger partial charge in [0.1, 0.15) is 0 Å². The van der Waals surface area contributed by atoms with Crippen molar-refractivity contribution in [2.24, 2.45) is 0 Å². The molecule has 4 heteroatoms. The van der Waals surface area contributed by atoms with Crippen LogP contribution in [0.15, 0.2) is 146 Å². The van der Waals surface area contributed by atoms with Crippen molar-refractivity contribution in [3.63, 3.8) is 0 Å². The van der Waals surface area contributed by atoms with E-state index in [4.69, 9.17) is 9.97 Å². The normalized spacial score (nSPS) is 18.1. The summed E-state index contributed by atoms with van der Waals surface area (Å²) in [5, 5.41) is 15.7. The third kappa shape index (κ3) is 8.57. The standard InChI is InChI=1S/C80H78N4/c1-2-10-26-49(25-9-1)69-73-61-41-53-33-17-19-35-55(53)43-63(61)75(81-73)70(50-27-11-3-4-12-28-50)77-65-45-57-37-21-23-39-59(57)47-67(65)79(83-77)72(52-31-15-7-8-16-32-52)80-68-48-60-40-24-22-38-58(60)46-66(68)78(84-80)71(51-29-13-5-6-14-30-51)76-64-44-56-36-20-18-34-54(56)42-62(64)74(69)82-76/h17-24,33-52,81,84H,1-16,25-32H2. The molecule has 0 saturated heterocycles. The van der Waals surface area contributed by atoms with Gasteiger partial charge >= 0.3 is 0 Å². The minimum atomic E-state index is 0.338. The zero-order valence-electron chi connectivity index (χ0n) is 49.0. The molecule has 4 saturated carbocycles. The molecule has 4 fully saturated rings. The van der Waals surface area contributed by atoms with Crippen molar-refractivity contribution in [1.82, 2.24) is 19.9 Å². The Hall–Kier alpha value is -7.56. The molecule has 2 aromatic heterocycles. The number of nitrogens with one attached hydrogen (secondary N) is 2. The van der Waals surface area contributed by atoms with Crippen molar-refractivity contribution >= 4 is 86.7 Å². The van der Waals surface area contributed by atoms with Gasteiger partial charge < -0.3 is 9.97 Å². The Kier molecular flexibility index (Phi) is 12.8. The molecule has 0 radical (unpaired) electrons. The molecule has 418 valence electrons. The fraction of sp³-hybridized carbons (Fsp3) is 0.350. The molecule has 2 aliphatic heterocycles. The van der Waals surface area contributed by atoms with Gasteiger partial charge in [-0.2, -0.15) is 0 Å². The molecule has 10 aromatic rings. The summed E-state index contributed by atoms with van der Waals surface area (Å²) in [7, 11) is 0. The van der Waals surface area contributed by atoms with Gasteiger partial charge in [-0.25, -0.2) is 9.97 Å². The smallest absolute Gasteiger partial charge is 0.0772 e. The van der Waals surface area contributed by atoms with Gasteiger partial charge in [-0.05, 0) is 167 Å². The van der Waals surface area contributed by atoms with Gasteiger partial charge in [-0.3, -0.25) is 0 Å². The quantitative estimate of drug-likeness (QED) is 0.173. The molecule has 2 N–H and O–H groups in total. The first-order valence-corrected chi connectivity index (χ1v) is 33.2. The monoisotopic (exact) mass is 1090 g/mol. The van der Waals surface area contributed by atoms with Gasteiger partial charge in [0, 0.05) is 66.1 Å². The number of aromatic amines is 2. The van der Waals surface area contributed by atoms with Crippen LogP contribution in [0, 0.1) is 0 Å². The molecular weight excluding hydrogens is 1020 g/mol. The van der Waals surface area contributed by atoms with Crippen molar-refractivity contribution in [1.29, 1.82) is 0 Å². The van der Waals surface area contributed by atoms with Crippen LogP contribution in [0.2, 0.25) is 0 Å². The molecule has 8 bridgehead atoms. The lowest BCUT2D eigenvalue weighted by atomic mass is 9.84. The maximum Gasteiger partial charge on any atom is 0.0772 e. The Morgan fingerprint density at radius 1 is 0.238 bits per heavy atom. The summed E-state index contributed by atoms with van der Waals surface area (Å²) in [6.07, 6.45) is 29.5. The van der Waals surface area contributed by atoms with Crippen molar-refractivity contribution in [2.75, 3.05) is 0 Å². The molecule has 84 heavy (non-hydrogen) atoms. The first-order chi connectivity index (χ1) is 41.7. The lowest BCUT2D eigenvalue weighted by molar-refractivity contribution is 0.593. The van der Waals surface area contributed by atoms with Gasteiger partial charge in [-0.1, -0.05) is 200 Å². The molecule has 0 unspecified atom stereocenters. The fourth-order valence-corrected chi connectivity index (χ4v) is 17.6. The number of benzene rings is 8. The predicted molar refractivity (Wildman–Crippen MR) is 357 cm³/mol. The molecule has 4 heterocycles. The van der Waals surface area contributed by atoms with E-state index in [9.17, 15) is 0 Å². The maximum atomic E-state index is 6.51. The minimum absolute atomic E-state index is 0.338. The lowest BCUT2D eigenvalue weighted by Crippen LogP contribution is -2.03. The molecule has 8 aromatic carbocycles. The predicted octanol–water partition coefficient (Wildman–Crippen LogP) is 23.7. The molecule has 0 atom stereocenters. The van der Waals surface area contributed by atoms with Crippen LogP contribution in [-0.2, 0) is 0 Å². The summed E-state index contributed by atoms with van der Waals surface area (Å²) in [4.78, 5) is 22.3. The zero-order chi connectivity index (χ0) is 55.2. The number of aromatic nitrogens is 4. The van der Waals surface area contributed by atoms with Gasteiger partial charge in [0.15, 0.2) is 0 Å². The van der Waals surface area contributed by atoms with E-state index in [0.717, 1.165) is 51.4 Å². The first-order valence-electron chi connectivity index (χ1n) is 33.2. The Bertz CT molecular complexity index is 4020. The van der Waals surface area contributed by atoms with E-state index in [1.165, 1.54) is 257 Å². The third-order valence-corrected chi connectivity index (χ3v) is 21.7. The van der Waals surface area contributed by atoms with Crippen molar-refractivity contribution in [3.8, 4) is 45.0 Å². The highest BCUT2D eigenvalue weighted by Crippen LogP contribution is 2.55. The largest absolute Gasteiger partial charge is 0.354 e. The van der Waals surface area contributed by atoms with Gasteiger partial charge in [0.05, 0.1) is 44.8 Å². The van der Waals surface area contributed by atoms with E-state index in [0.29, 0.717) is 23.7 Å². The SMILES string of the molecule is c1ccc2cc3c(cc2c1)-c1nc-3c(C2CCCCCC2)c2[nH]c(c(C3CCCCCC3)c3nc(c(C4CCCCCC4)c4[nH]c(c1C1CCCCCC1)c1cc5ccccc5cc41)-c1cc4ccccc4cc1-3)c1cc3ccccc3cc21. The molecule has 17 rings (SSSR count). The molecule has 4 nitrogen and oxygen atoms in total. The Morgan fingerprint density at radius 2 is 0.429 bits per heavy atom. The van der Waals surface area contributed by atoms with E-state index in [-0.39, 0.29) is 0 Å². The number of H-pyrrole nitrogens is 2. The molecule has 0 amide bonds. The van der Waals surface area contributed by atoms with Crippen molar-refractivity contribution in [2.45, 2.75) is 178 Å². The number of hydrogen-bond donors (Lipinski definition) is 2. The van der Waals surface area contributed by atoms with Gasteiger partial charge in [0.2, 0.25) is 0 Å². The highest BCUT2D eigenvalue weighted by Gasteiger charge is 2.36. The highest BCUT2D eigenvalue weighted by atomic mass is 14.8. The van der Waals surface area contributed by atoms with Gasteiger partial charge in [0.25, 0.3) is 0 Å². The van der Waals surface area contributed by atoms with Crippen LogP contribution in [-0.4, -0.2) is 19.9 Å². The van der Waals surface area contributed by atoms with Crippen molar-refractivity contribution < 1.29 is 0 Å². The topological polar surface area (TPSA) is 57.4 Å². The third-order valence-electron chi connectivity index (χ3n) is 21.7.